The van der Waals surface area contributed by atoms with Gasteiger partial charge in [-0.2, -0.15) is 5.10 Å². The second-order valence-electron chi connectivity index (χ2n) is 3.90. The van der Waals surface area contributed by atoms with Crippen molar-refractivity contribution in [2.75, 3.05) is 14.2 Å². The molecule has 0 rings (SSSR count). The molecule has 0 heterocycles. The first-order valence-electron chi connectivity index (χ1n) is 5.46. The van der Waals surface area contributed by atoms with E-state index in [2.05, 4.69) is 25.0 Å². The lowest BCUT2D eigenvalue weighted by molar-refractivity contribution is -0.0715. The highest BCUT2D eigenvalue weighted by Crippen LogP contribution is 2.20. The van der Waals surface area contributed by atoms with Crippen molar-refractivity contribution >= 4 is 6.21 Å². The largest absolute Gasteiger partial charge is 0.354 e. The number of allylic oxidation sites excluding steroid dienone is 1. The van der Waals surface area contributed by atoms with Gasteiger partial charge in [0.2, 0.25) is 0 Å². The first-order chi connectivity index (χ1) is 7.00. The van der Waals surface area contributed by atoms with Crippen molar-refractivity contribution < 1.29 is 4.74 Å². The van der Waals surface area contributed by atoms with Gasteiger partial charge in [0.15, 0.2) is 5.72 Å². The molecule has 0 aromatic rings. The van der Waals surface area contributed by atoms with Crippen LogP contribution in [0.15, 0.2) is 16.8 Å². The van der Waals surface area contributed by atoms with Crippen LogP contribution < -0.4 is 0 Å². The lowest BCUT2D eigenvalue weighted by Gasteiger charge is -2.33. The predicted octanol–water partition coefficient (Wildman–Crippen LogP) is 3.03. The normalized spacial score (nSPS) is 16.8. The Morgan fingerprint density at radius 1 is 1.53 bits per heavy atom. The fourth-order valence-corrected chi connectivity index (χ4v) is 1.50. The molecular weight excluding hydrogens is 188 g/mol. The SMILES string of the molecule is C/C=N\N(C)C(C)(/C=C(\C)CCC)OC. The smallest absolute Gasteiger partial charge is 0.172 e. The molecule has 0 aliphatic rings. The minimum absolute atomic E-state index is 0.453. The Morgan fingerprint density at radius 2 is 2.13 bits per heavy atom. The van der Waals surface area contributed by atoms with Crippen molar-refractivity contribution in [1.82, 2.24) is 5.01 Å². The van der Waals surface area contributed by atoms with Gasteiger partial charge in [0.1, 0.15) is 0 Å². The molecule has 88 valence electrons. The molecule has 0 bridgehead atoms. The van der Waals surface area contributed by atoms with Crippen molar-refractivity contribution in [1.29, 1.82) is 0 Å². The number of hydrogen-bond donors (Lipinski definition) is 0. The highest BCUT2D eigenvalue weighted by Gasteiger charge is 2.25. The summed E-state index contributed by atoms with van der Waals surface area (Å²) in [5.41, 5.74) is 0.881. The maximum absolute atomic E-state index is 5.50. The van der Waals surface area contributed by atoms with E-state index in [1.165, 1.54) is 5.57 Å². The molecule has 0 N–H and O–H groups in total. The van der Waals surface area contributed by atoms with Gasteiger partial charge in [-0.05, 0) is 33.3 Å². The first-order valence-corrected chi connectivity index (χ1v) is 5.46. The highest BCUT2D eigenvalue weighted by atomic mass is 16.5. The number of hydrazone groups is 1. The van der Waals surface area contributed by atoms with Crippen LogP contribution in [0.4, 0.5) is 0 Å². The van der Waals surface area contributed by atoms with E-state index in [-0.39, 0.29) is 0 Å². The molecule has 0 spiro atoms. The molecule has 0 saturated heterocycles. The third-order valence-electron chi connectivity index (χ3n) is 2.50. The zero-order valence-electron chi connectivity index (χ0n) is 10.9. The van der Waals surface area contributed by atoms with Gasteiger partial charge in [-0.3, -0.25) is 5.01 Å². The van der Waals surface area contributed by atoms with Gasteiger partial charge in [0.25, 0.3) is 0 Å². The maximum Gasteiger partial charge on any atom is 0.172 e. The number of likely N-dealkylation sites (N-methyl/N-ethyl adjacent to an activating group) is 1. The fourth-order valence-electron chi connectivity index (χ4n) is 1.50. The number of rotatable bonds is 6. The Balaban J connectivity index is 4.76. The molecule has 0 fully saturated rings. The van der Waals surface area contributed by atoms with Crippen LogP contribution in [0.3, 0.4) is 0 Å². The molecule has 0 aromatic carbocycles. The lowest BCUT2D eigenvalue weighted by atomic mass is 10.1. The maximum atomic E-state index is 5.50. The third kappa shape index (κ3) is 4.47. The van der Waals surface area contributed by atoms with Crippen molar-refractivity contribution in [2.45, 2.75) is 46.3 Å². The summed E-state index contributed by atoms with van der Waals surface area (Å²) in [6, 6.07) is 0. The van der Waals surface area contributed by atoms with Crippen LogP contribution >= 0.6 is 0 Å². The molecule has 1 atom stereocenters. The summed E-state index contributed by atoms with van der Waals surface area (Å²) in [5, 5.41) is 6.04. The molecule has 0 aromatic heterocycles. The highest BCUT2D eigenvalue weighted by molar-refractivity contribution is 5.52. The van der Waals surface area contributed by atoms with E-state index in [0.29, 0.717) is 0 Å². The number of hydrogen-bond acceptors (Lipinski definition) is 3. The van der Waals surface area contributed by atoms with Crippen LogP contribution in [-0.4, -0.2) is 31.1 Å². The van der Waals surface area contributed by atoms with E-state index in [1.54, 1.807) is 13.3 Å². The lowest BCUT2D eigenvalue weighted by Crippen LogP contribution is -2.40. The zero-order valence-corrected chi connectivity index (χ0v) is 10.9. The van der Waals surface area contributed by atoms with Crippen LogP contribution in [0.25, 0.3) is 0 Å². The molecule has 0 aliphatic heterocycles. The van der Waals surface area contributed by atoms with Gasteiger partial charge in [-0.15, -0.1) is 0 Å². The fraction of sp³-hybridized carbons (Fsp3) is 0.750. The van der Waals surface area contributed by atoms with E-state index in [9.17, 15) is 0 Å². The molecule has 0 amide bonds. The molecule has 1 unspecified atom stereocenters. The molecule has 0 aliphatic carbocycles. The molecule has 3 nitrogen and oxygen atoms in total. The first kappa shape index (κ1) is 14.2. The summed E-state index contributed by atoms with van der Waals surface area (Å²) < 4.78 is 5.50. The van der Waals surface area contributed by atoms with Crippen LogP contribution in [0.2, 0.25) is 0 Å². The van der Waals surface area contributed by atoms with E-state index in [1.807, 2.05) is 25.9 Å². The Kier molecular flexibility index (Phi) is 6.25. The minimum atomic E-state index is -0.453. The summed E-state index contributed by atoms with van der Waals surface area (Å²) >= 11 is 0. The summed E-state index contributed by atoms with van der Waals surface area (Å²) in [6.45, 7) is 8.22. The van der Waals surface area contributed by atoms with E-state index in [0.717, 1.165) is 12.8 Å². The van der Waals surface area contributed by atoms with Crippen LogP contribution in [-0.2, 0) is 4.74 Å². The average Bonchev–Trinajstić information content (AvgIpc) is 2.18. The second kappa shape index (κ2) is 6.62. The van der Waals surface area contributed by atoms with Crippen molar-refractivity contribution in [3.63, 3.8) is 0 Å². The summed E-state index contributed by atoms with van der Waals surface area (Å²) in [6.07, 6.45) is 6.15. The molecule has 0 saturated carbocycles. The van der Waals surface area contributed by atoms with E-state index in [4.69, 9.17) is 4.74 Å². The molecule has 3 heteroatoms. The van der Waals surface area contributed by atoms with Crippen molar-refractivity contribution in [3.8, 4) is 0 Å². The molecule has 15 heavy (non-hydrogen) atoms. The average molecular weight is 212 g/mol. The minimum Gasteiger partial charge on any atom is -0.354 e. The van der Waals surface area contributed by atoms with Crippen LogP contribution in [0.5, 0.6) is 0 Å². The number of ether oxygens (including phenoxy) is 1. The number of nitrogens with zero attached hydrogens (tertiary/aromatic N) is 2. The Morgan fingerprint density at radius 3 is 2.53 bits per heavy atom. The third-order valence-corrected chi connectivity index (χ3v) is 2.50. The Labute approximate surface area is 93.8 Å². The topological polar surface area (TPSA) is 24.8 Å². The Bertz CT molecular complexity index is 236. The van der Waals surface area contributed by atoms with Gasteiger partial charge in [-0.1, -0.05) is 18.9 Å². The summed E-state index contributed by atoms with van der Waals surface area (Å²) in [4.78, 5) is 0. The van der Waals surface area contributed by atoms with Crippen LogP contribution in [0, 0.1) is 0 Å². The van der Waals surface area contributed by atoms with Gasteiger partial charge < -0.3 is 4.74 Å². The zero-order chi connectivity index (χ0) is 11.9. The van der Waals surface area contributed by atoms with Crippen molar-refractivity contribution in [2.24, 2.45) is 5.10 Å². The van der Waals surface area contributed by atoms with Gasteiger partial charge in [-0.25, -0.2) is 0 Å². The standard InChI is InChI=1S/C12H24N2O/c1-7-9-11(3)10-12(4,15-6)14(5)13-8-2/h8,10H,7,9H2,1-6H3/b11-10+,13-8-. The summed E-state index contributed by atoms with van der Waals surface area (Å²) in [5.74, 6) is 0. The monoisotopic (exact) mass is 212 g/mol. The molecule has 0 radical (unpaired) electrons. The van der Waals surface area contributed by atoms with Gasteiger partial charge in [0, 0.05) is 20.4 Å². The van der Waals surface area contributed by atoms with Gasteiger partial charge >= 0.3 is 0 Å². The summed E-state index contributed by atoms with van der Waals surface area (Å²) in [7, 11) is 3.62. The van der Waals surface area contributed by atoms with Crippen molar-refractivity contribution in [3.05, 3.63) is 11.6 Å². The van der Waals surface area contributed by atoms with E-state index < -0.39 is 5.72 Å². The Hall–Kier alpha value is -0.830. The van der Waals surface area contributed by atoms with Gasteiger partial charge in [0.05, 0.1) is 0 Å². The number of methoxy groups -OCH3 is 1. The quantitative estimate of drug-likeness (QED) is 0.292. The van der Waals surface area contributed by atoms with E-state index >= 15 is 0 Å². The molecular formula is C12H24N2O. The van der Waals surface area contributed by atoms with Crippen LogP contribution in [0.1, 0.15) is 40.5 Å². The second-order valence-corrected chi connectivity index (χ2v) is 3.90. The predicted molar refractivity (Wildman–Crippen MR) is 66.0 cm³/mol.